The van der Waals surface area contributed by atoms with Crippen molar-refractivity contribution in [1.29, 1.82) is 0 Å². The number of aromatic amines is 1. The number of imidazole rings is 1. The van der Waals surface area contributed by atoms with Crippen LogP contribution < -0.4 is 21.1 Å². The quantitative estimate of drug-likeness (QED) is 0.550. The summed E-state index contributed by atoms with van der Waals surface area (Å²) in [5, 5.41) is 6.63. The lowest BCUT2D eigenvalue weighted by atomic mass is 10.1. The fraction of sp³-hybridized carbons (Fsp3) is 0.389. The van der Waals surface area contributed by atoms with Crippen LogP contribution in [0.5, 0.6) is 5.75 Å². The number of aromatic nitrogens is 4. The van der Waals surface area contributed by atoms with Crippen molar-refractivity contribution in [2.75, 3.05) is 32.1 Å². The molecule has 1 aromatic carbocycles. The molecule has 1 atom stereocenters. The van der Waals surface area contributed by atoms with Gasteiger partial charge < -0.3 is 20.4 Å². The van der Waals surface area contributed by atoms with E-state index in [2.05, 4.69) is 41.5 Å². The highest BCUT2D eigenvalue weighted by Gasteiger charge is 2.16. The second-order valence-corrected chi connectivity index (χ2v) is 7.56. The number of ether oxygens (including phenoxy) is 1. The van der Waals surface area contributed by atoms with Gasteiger partial charge in [0, 0.05) is 16.6 Å². The molecule has 1 saturated heterocycles. The zero-order valence-corrected chi connectivity index (χ0v) is 16.5. The third-order valence-electron chi connectivity index (χ3n) is 4.79. The Labute approximate surface area is 164 Å². The number of nitrogens with one attached hydrogen (secondary N) is 3. The van der Waals surface area contributed by atoms with E-state index in [0.717, 1.165) is 41.8 Å². The van der Waals surface area contributed by atoms with E-state index in [1.54, 1.807) is 17.9 Å². The average Bonchev–Trinajstić information content (AvgIpc) is 3.28. The number of methoxy groups -OCH3 is 1. The van der Waals surface area contributed by atoms with E-state index in [1.165, 1.54) is 0 Å². The second kappa shape index (κ2) is 7.69. The molecule has 1 fully saturated rings. The van der Waals surface area contributed by atoms with Gasteiger partial charge in [-0.05, 0) is 43.6 Å². The standard InChI is InChI=1S/C18H21BrN6O2/c1-27-15-3-2-13(19)6-12(15)10-25-16-14(23-18(25)26)9-22-17(24-16)21-8-11-4-5-20-7-11/h2-3,6,9,11,20H,4-5,7-8,10H2,1H3,(H,23,26)(H,21,22,24)/t11-/m1/s1. The number of nitrogens with zero attached hydrogens (tertiary/aromatic N) is 3. The molecule has 3 aromatic rings. The van der Waals surface area contributed by atoms with E-state index in [4.69, 9.17) is 4.74 Å². The number of benzene rings is 1. The maximum atomic E-state index is 12.5. The number of rotatable bonds is 6. The van der Waals surface area contributed by atoms with Gasteiger partial charge in [-0.25, -0.2) is 9.78 Å². The fourth-order valence-corrected chi connectivity index (χ4v) is 3.75. The first-order chi connectivity index (χ1) is 13.1. The predicted molar refractivity (Wildman–Crippen MR) is 107 cm³/mol. The fourth-order valence-electron chi connectivity index (χ4n) is 3.34. The molecule has 9 heteroatoms. The van der Waals surface area contributed by atoms with Crippen LogP contribution in [0.4, 0.5) is 5.95 Å². The first kappa shape index (κ1) is 18.0. The molecule has 0 bridgehead atoms. The van der Waals surface area contributed by atoms with Crippen molar-refractivity contribution in [3.05, 3.63) is 44.9 Å². The summed E-state index contributed by atoms with van der Waals surface area (Å²) in [5.74, 6) is 1.83. The van der Waals surface area contributed by atoms with Gasteiger partial charge >= 0.3 is 5.69 Å². The molecular formula is C18H21BrN6O2. The van der Waals surface area contributed by atoms with E-state index in [1.807, 2.05) is 18.2 Å². The largest absolute Gasteiger partial charge is 0.496 e. The van der Waals surface area contributed by atoms with Gasteiger partial charge in [0.1, 0.15) is 11.3 Å². The van der Waals surface area contributed by atoms with Crippen molar-refractivity contribution in [2.45, 2.75) is 13.0 Å². The number of hydrogen-bond donors (Lipinski definition) is 3. The van der Waals surface area contributed by atoms with E-state index in [0.29, 0.717) is 29.6 Å². The molecule has 8 nitrogen and oxygen atoms in total. The van der Waals surface area contributed by atoms with Crippen molar-refractivity contribution in [3.63, 3.8) is 0 Å². The highest BCUT2D eigenvalue weighted by Crippen LogP contribution is 2.24. The van der Waals surface area contributed by atoms with Gasteiger partial charge in [-0.1, -0.05) is 15.9 Å². The smallest absolute Gasteiger partial charge is 0.328 e. The monoisotopic (exact) mass is 432 g/mol. The third kappa shape index (κ3) is 3.84. The molecule has 4 rings (SSSR count). The Hall–Kier alpha value is -2.39. The summed E-state index contributed by atoms with van der Waals surface area (Å²) in [5.41, 5.74) is 1.85. The van der Waals surface area contributed by atoms with E-state index in [9.17, 15) is 4.79 Å². The van der Waals surface area contributed by atoms with Crippen LogP contribution in [-0.2, 0) is 6.54 Å². The second-order valence-electron chi connectivity index (χ2n) is 6.64. The third-order valence-corrected chi connectivity index (χ3v) is 5.29. The lowest BCUT2D eigenvalue weighted by Crippen LogP contribution is -2.19. The first-order valence-electron chi connectivity index (χ1n) is 8.86. The molecule has 1 aliphatic rings. The van der Waals surface area contributed by atoms with Gasteiger partial charge in [-0.3, -0.25) is 4.57 Å². The molecule has 3 heterocycles. The molecule has 142 valence electrons. The lowest BCUT2D eigenvalue weighted by Gasteiger charge is -2.11. The Morgan fingerprint density at radius 2 is 2.33 bits per heavy atom. The molecule has 2 aromatic heterocycles. The minimum Gasteiger partial charge on any atom is -0.496 e. The normalized spacial score (nSPS) is 16.7. The Kier molecular flexibility index (Phi) is 5.13. The zero-order valence-electron chi connectivity index (χ0n) is 15.0. The van der Waals surface area contributed by atoms with Crippen LogP contribution >= 0.6 is 15.9 Å². The number of anilines is 1. The summed E-state index contributed by atoms with van der Waals surface area (Å²) in [6.07, 6.45) is 2.79. The minimum absolute atomic E-state index is 0.224. The Morgan fingerprint density at radius 3 is 3.11 bits per heavy atom. The summed E-state index contributed by atoms with van der Waals surface area (Å²) in [7, 11) is 1.62. The number of fused-ring (bicyclic) bond motifs is 1. The van der Waals surface area contributed by atoms with Crippen LogP contribution in [0, 0.1) is 5.92 Å². The first-order valence-corrected chi connectivity index (χ1v) is 9.66. The van der Waals surface area contributed by atoms with Crippen LogP contribution in [0.3, 0.4) is 0 Å². The van der Waals surface area contributed by atoms with Crippen molar-refractivity contribution in [1.82, 2.24) is 24.8 Å². The SMILES string of the molecule is COc1ccc(Br)cc1Cn1c(=O)[nH]c2cnc(NC[C@@H]3CCNC3)nc21. The summed E-state index contributed by atoms with van der Waals surface area (Å²) in [6, 6.07) is 5.72. The van der Waals surface area contributed by atoms with Crippen molar-refractivity contribution in [2.24, 2.45) is 5.92 Å². The van der Waals surface area contributed by atoms with Crippen LogP contribution in [0.25, 0.3) is 11.2 Å². The van der Waals surface area contributed by atoms with Crippen molar-refractivity contribution >= 4 is 33.0 Å². The van der Waals surface area contributed by atoms with Crippen molar-refractivity contribution < 1.29 is 4.74 Å². The molecule has 27 heavy (non-hydrogen) atoms. The zero-order chi connectivity index (χ0) is 18.8. The minimum atomic E-state index is -0.224. The van der Waals surface area contributed by atoms with Crippen LogP contribution in [-0.4, -0.2) is 46.3 Å². The molecule has 0 saturated carbocycles. The predicted octanol–water partition coefficient (Wildman–Crippen LogP) is 1.96. The maximum absolute atomic E-state index is 12.5. The number of H-pyrrole nitrogens is 1. The van der Waals surface area contributed by atoms with Gasteiger partial charge in [0.05, 0.1) is 19.9 Å². The van der Waals surface area contributed by atoms with Crippen molar-refractivity contribution in [3.8, 4) is 5.75 Å². The van der Waals surface area contributed by atoms with Gasteiger partial charge in [0.15, 0.2) is 5.65 Å². The Bertz CT molecular complexity index is 1010. The topological polar surface area (TPSA) is 96.9 Å². The number of halogens is 1. The van der Waals surface area contributed by atoms with E-state index in [-0.39, 0.29) is 5.69 Å². The van der Waals surface area contributed by atoms with Gasteiger partial charge in [0.25, 0.3) is 0 Å². The molecular weight excluding hydrogens is 412 g/mol. The highest BCUT2D eigenvalue weighted by molar-refractivity contribution is 9.10. The maximum Gasteiger partial charge on any atom is 0.328 e. The summed E-state index contributed by atoms with van der Waals surface area (Å²) in [4.78, 5) is 24.2. The molecule has 3 N–H and O–H groups in total. The lowest BCUT2D eigenvalue weighted by molar-refractivity contribution is 0.408. The van der Waals surface area contributed by atoms with Gasteiger partial charge in [0.2, 0.25) is 5.95 Å². The van der Waals surface area contributed by atoms with Crippen LogP contribution in [0.2, 0.25) is 0 Å². The number of hydrogen-bond acceptors (Lipinski definition) is 6. The van der Waals surface area contributed by atoms with Gasteiger partial charge in [-0.2, -0.15) is 4.98 Å². The molecule has 0 spiro atoms. The molecule has 1 aliphatic heterocycles. The van der Waals surface area contributed by atoms with E-state index >= 15 is 0 Å². The Morgan fingerprint density at radius 1 is 1.44 bits per heavy atom. The molecule has 0 unspecified atom stereocenters. The van der Waals surface area contributed by atoms with Crippen LogP contribution in [0.15, 0.2) is 33.7 Å². The molecule has 0 aliphatic carbocycles. The van der Waals surface area contributed by atoms with Crippen LogP contribution in [0.1, 0.15) is 12.0 Å². The van der Waals surface area contributed by atoms with Gasteiger partial charge in [-0.15, -0.1) is 0 Å². The molecule has 0 amide bonds. The summed E-state index contributed by atoms with van der Waals surface area (Å²) < 4.78 is 7.95. The highest BCUT2D eigenvalue weighted by atomic mass is 79.9. The summed E-state index contributed by atoms with van der Waals surface area (Å²) >= 11 is 3.47. The molecule has 0 radical (unpaired) electrons. The Balaban J connectivity index is 1.63. The van der Waals surface area contributed by atoms with E-state index < -0.39 is 0 Å². The average molecular weight is 433 g/mol. The summed E-state index contributed by atoms with van der Waals surface area (Å²) in [6.45, 7) is 3.22.